The van der Waals surface area contributed by atoms with Gasteiger partial charge in [0.05, 0.1) is 0 Å². The van der Waals surface area contributed by atoms with Crippen LogP contribution in [0.2, 0.25) is 0 Å². The Morgan fingerprint density at radius 3 is 2.73 bits per heavy atom. The zero-order valence-corrected chi connectivity index (χ0v) is 7.13. The first kappa shape index (κ1) is 7.92. The Balaban J connectivity index is 3.12. The first-order chi connectivity index (χ1) is 5.24. The van der Waals surface area contributed by atoms with E-state index >= 15 is 0 Å². The Hall–Kier alpha value is -1.18. The predicted octanol–water partition coefficient (Wildman–Crippen LogP) is 2.42. The Morgan fingerprint density at radius 1 is 1.36 bits per heavy atom. The van der Waals surface area contributed by atoms with Crippen LogP contribution in [0.15, 0.2) is 17.1 Å². The molecule has 58 valence electrons. The fraction of sp³-hybridized carbons (Fsp3) is 0.333. The van der Waals surface area contributed by atoms with Crippen LogP contribution in [0.4, 0.5) is 5.82 Å². The molecule has 0 aromatic carbocycles. The van der Waals surface area contributed by atoms with Gasteiger partial charge in [-0.15, -0.1) is 0 Å². The van der Waals surface area contributed by atoms with E-state index in [0.717, 1.165) is 17.1 Å². The van der Waals surface area contributed by atoms with Gasteiger partial charge in [-0.25, -0.2) is 9.98 Å². The molecule has 1 aromatic rings. The molecule has 2 heteroatoms. The highest BCUT2D eigenvalue weighted by Gasteiger charge is 1.95. The lowest BCUT2D eigenvalue weighted by Crippen LogP contribution is -1.83. The third-order valence-corrected chi connectivity index (χ3v) is 1.46. The molecule has 1 rings (SSSR count). The van der Waals surface area contributed by atoms with Crippen LogP contribution in [0, 0.1) is 13.8 Å². The average Bonchev–Trinajstić information content (AvgIpc) is 1.98. The number of aryl methyl sites for hydroxylation is 2. The summed E-state index contributed by atoms with van der Waals surface area (Å²) in [5.74, 6) is 0.826. The Morgan fingerprint density at radius 2 is 2.09 bits per heavy atom. The monoisotopic (exact) mass is 148 g/mol. The maximum absolute atomic E-state index is 4.26. The summed E-state index contributed by atoms with van der Waals surface area (Å²) in [7, 11) is 0. The zero-order chi connectivity index (χ0) is 8.27. The van der Waals surface area contributed by atoms with E-state index in [1.54, 1.807) is 6.21 Å². The van der Waals surface area contributed by atoms with Crippen molar-refractivity contribution in [3.8, 4) is 0 Å². The molecule has 11 heavy (non-hydrogen) atoms. The molecule has 0 fully saturated rings. The van der Waals surface area contributed by atoms with Crippen LogP contribution < -0.4 is 0 Å². The van der Waals surface area contributed by atoms with Crippen molar-refractivity contribution in [3.63, 3.8) is 0 Å². The molecule has 0 aliphatic rings. The second-order valence-electron chi connectivity index (χ2n) is 2.48. The van der Waals surface area contributed by atoms with Gasteiger partial charge < -0.3 is 0 Å². The van der Waals surface area contributed by atoms with Gasteiger partial charge in [0.15, 0.2) is 5.82 Å². The van der Waals surface area contributed by atoms with E-state index in [-0.39, 0.29) is 0 Å². The summed E-state index contributed by atoms with van der Waals surface area (Å²) in [4.78, 5) is 8.40. The maximum atomic E-state index is 4.26. The molecule has 0 unspecified atom stereocenters. The smallest absolute Gasteiger partial charge is 0.154 e. The molecule has 0 radical (unpaired) electrons. The van der Waals surface area contributed by atoms with Gasteiger partial charge in [0.2, 0.25) is 0 Å². The van der Waals surface area contributed by atoms with Crippen LogP contribution in [0.1, 0.15) is 18.2 Å². The van der Waals surface area contributed by atoms with Gasteiger partial charge in [-0.05, 0) is 32.4 Å². The molecule has 0 saturated heterocycles. The highest BCUT2D eigenvalue weighted by Crippen LogP contribution is 2.14. The third-order valence-electron chi connectivity index (χ3n) is 1.46. The van der Waals surface area contributed by atoms with Gasteiger partial charge in [-0.1, -0.05) is 6.07 Å². The van der Waals surface area contributed by atoms with Crippen molar-refractivity contribution >= 4 is 12.0 Å². The van der Waals surface area contributed by atoms with Crippen molar-refractivity contribution in [3.05, 3.63) is 23.4 Å². The molecule has 2 nitrogen and oxygen atoms in total. The highest BCUT2D eigenvalue weighted by atomic mass is 14.9. The summed E-state index contributed by atoms with van der Waals surface area (Å²) in [6, 6.07) is 4.02. The Labute approximate surface area is 67.0 Å². The second-order valence-corrected chi connectivity index (χ2v) is 2.48. The molecular formula is C9H12N2. The number of nitrogens with zero attached hydrogens (tertiary/aromatic N) is 2. The summed E-state index contributed by atoms with van der Waals surface area (Å²) in [6.07, 6.45) is 1.76. The normalized spacial score (nSPS) is 10.8. The van der Waals surface area contributed by atoms with Gasteiger partial charge in [-0.2, -0.15) is 0 Å². The van der Waals surface area contributed by atoms with Crippen LogP contribution >= 0.6 is 0 Å². The van der Waals surface area contributed by atoms with Crippen LogP contribution in [0.25, 0.3) is 0 Å². The first-order valence-corrected chi connectivity index (χ1v) is 3.67. The van der Waals surface area contributed by atoms with Gasteiger partial charge in [-0.3, -0.25) is 0 Å². The van der Waals surface area contributed by atoms with E-state index < -0.39 is 0 Å². The third kappa shape index (κ3) is 1.87. The second kappa shape index (κ2) is 3.28. The topological polar surface area (TPSA) is 25.2 Å². The summed E-state index contributed by atoms with van der Waals surface area (Å²) < 4.78 is 0. The molecule has 0 saturated carbocycles. The number of hydrogen-bond acceptors (Lipinski definition) is 2. The van der Waals surface area contributed by atoms with Gasteiger partial charge in [0.1, 0.15) is 0 Å². The number of aliphatic imine (C=N–C) groups is 1. The lowest BCUT2D eigenvalue weighted by atomic mass is 10.2. The molecular weight excluding hydrogens is 136 g/mol. The number of pyridine rings is 1. The molecule has 0 aliphatic heterocycles. The van der Waals surface area contributed by atoms with Crippen molar-refractivity contribution in [1.29, 1.82) is 0 Å². The summed E-state index contributed by atoms with van der Waals surface area (Å²) >= 11 is 0. The van der Waals surface area contributed by atoms with Crippen molar-refractivity contribution in [1.82, 2.24) is 4.98 Å². The molecule has 0 bridgehead atoms. The largest absolute Gasteiger partial charge is 0.242 e. The minimum atomic E-state index is 0.826. The van der Waals surface area contributed by atoms with Crippen molar-refractivity contribution in [2.45, 2.75) is 20.8 Å². The molecule has 0 atom stereocenters. The molecule has 0 amide bonds. The van der Waals surface area contributed by atoms with Gasteiger partial charge >= 0.3 is 0 Å². The minimum Gasteiger partial charge on any atom is -0.242 e. The van der Waals surface area contributed by atoms with E-state index in [1.807, 2.05) is 32.9 Å². The molecule has 0 spiro atoms. The van der Waals surface area contributed by atoms with E-state index in [2.05, 4.69) is 9.98 Å². The Kier molecular flexibility index (Phi) is 2.36. The molecule has 0 N–H and O–H groups in total. The van der Waals surface area contributed by atoms with Gasteiger partial charge in [0, 0.05) is 11.9 Å². The molecule has 0 aliphatic carbocycles. The quantitative estimate of drug-likeness (QED) is 0.561. The minimum absolute atomic E-state index is 0.826. The highest BCUT2D eigenvalue weighted by molar-refractivity contribution is 5.60. The summed E-state index contributed by atoms with van der Waals surface area (Å²) in [6.45, 7) is 5.87. The standard InChI is InChI=1S/C9H12N2/c1-4-10-9-7(2)5-6-8(3)11-9/h4-6H,1-3H3/b10-4-. The number of hydrogen-bond donors (Lipinski definition) is 0. The van der Waals surface area contributed by atoms with Crippen LogP contribution in [0.3, 0.4) is 0 Å². The lowest BCUT2D eigenvalue weighted by molar-refractivity contribution is 1.15. The number of rotatable bonds is 1. The average molecular weight is 148 g/mol. The van der Waals surface area contributed by atoms with Crippen LogP contribution in [0.5, 0.6) is 0 Å². The Bertz CT molecular complexity index is 277. The van der Waals surface area contributed by atoms with Crippen LogP contribution in [-0.2, 0) is 0 Å². The fourth-order valence-electron chi connectivity index (χ4n) is 0.866. The lowest BCUT2D eigenvalue weighted by Gasteiger charge is -1.98. The van der Waals surface area contributed by atoms with Crippen molar-refractivity contribution in [2.75, 3.05) is 0 Å². The molecule has 1 heterocycles. The summed E-state index contributed by atoms with van der Waals surface area (Å²) in [5, 5.41) is 0. The SMILES string of the molecule is C/C=N\c1nc(C)ccc1C. The predicted molar refractivity (Wildman–Crippen MR) is 47.5 cm³/mol. The summed E-state index contributed by atoms with van der Waals surface area (Å²) in [5.41, 5.74) is 2.13. The van der Waals surface area contributed by atoms with Crippen molar-refractivity contribution in [2.24, 2.45) is 4.99 Å². The van der Waals surface area contributed by atoms with Crippen molar-refractivity contribution < 1.29 is 0 Å². The van der Waals surface area contributed by atoms with E-state index in [1.165, 1.54) is 0 Å². The number of aromatic nitrogens is 1. The molecule has 1 aromatic heterocycles. The van der Waals surface area contributed by atoms with E-state index in [9.17, 15) is 0 Å². The first-order valence-electron chi connectivity index (χ1n) is 3.67. The van der Waals surface area contributed by atoms with Crippen LogP contribution in [-0.4, -0.2) is 11.2 Å². The van der Waals surface area contributed by atoms with E-state index in [0.29, 0.717) is 0 Å². The van der Waals surface area contributed by atoms with Gasteiger partial charge in [0.25, 0.3) is 0 Å². The van der Waals surface area contributed by atoms with E-state index in [4.69, 9.17) is 0 Å². The maximum Gasteiger partial charge on any atom is 0.154 e. The fourth-order valence-corrected chi connectivity index (χ4v) is 0.866. The zero-order valence-electron chi connectivity index (χ0n) is 7.13.